The number of nitrogens with zero attached hydrogens (tertiary/aromatic N) is 2. The fourth-order valence-electron chi connectivity index (χ4n) is 3.69. The third-order valence-corrected chi connectivity index (χ3v) is 5.54. The summed E-state index contributed by atoms with van der Waals surface area (Å²) in [7, 11) is 6.14. The molecule has 4 aromatic rings. The topological polar surface area (TPSA) is 116 Å². The van der Waals surface area contributed by atoms with Gasteiger partial charge in [0.1, 0.15) is 11.6 Å². The van der Waals surface area contributed by atoms with Crippen LogP contribution in [0.5, 0.6) is 23.0 Å². The first-order valence-electron chi connectivity index (χ1n) is 11.7. The molecule has 196 valence electrons. The van der Waals surface area contributed by atoms with Gasteiger partial charge < -0.3 is 34.9 Å². The van der Waals surface area contributed by atoms with Crippen LogP contribution in [0, 0.1) is 6.92 Å². The van der Waals surface area contributed by atoms with Crippen molar-refractivity contribution in [3.05, 3.63) is 78.0 Å². The molecule has 1 amide bonds. The molecule has 1 aromatic heterocycles. The molecule has 0 aliphatic rings. The van der Waals surface area contributed by atoms with Crippen molar-refractivity contribution in [1.29, 1.82) is 0 Å². The molecule has 10 nitrogen and oxygen atoms in total. The van der Waals surface area contributed by atoms with E-state index in [1.165, 1.54) is 21.3 Å². The lowest BCUT2D eigenvalue weighted by atomic mass is 10.1. The predicted molar refractivity (Wildman–Crippen MR) is 147 cm³/mol. The Labute approximate surface area is 220 Å². The predicted octanol–water partition coefficient (Wildman–Crippen LogP) is 5.56. The van der Waals surface area contributed by atoms with E-state index in [9.17, 15) is 4.79 Å². The van der Waals surface area contributed by atoms with Crippen LogP contribution >= 0.6 is 0 Å². The second kappa shape index (κ2) is 11.8. The molecular weight excluding hydrogens is 486 g/mol. The van der Waals surface area contributed by atoms with Crippen molar-refractivity contribution in [3.8, 4) is 23.0 Å². The van der Waals surface area contributed by atoms with Crippen LogP contribution in [-0.4, -0.2) is 44.3 Å². The molecule has 1 heterocycles. The van der Waals surface area contributed by atoms with Crippen molar-refractivity contribution in [2.75, 3.05) is 44.4 Å². The molecule has 0 unspecified atom stereocenters. The Morgan fingerprint density at radius 3 is 1.84 bits per heavy atom. The summed E-state index contributed by atoms with van der Waals surface area (Å²) in [5, 5.41) is 9.35. The van der Waals surface area contributed by atoms with Crippen molar-refractivity contribution in [3.63, 3.8) is 0 Å². The van der Waals surface area contributed by atoms with Gasteiger partial charge in [-0.05, 0) is 67.6 Å². The van der Waals surface area contributed by atoms with Crippen molar-refractivity contribution in [2.45, 2.75) is 6.92 Å². The molecule has 0 saturated carbocycles. The molecule has 10 heteroatoms. The Hall–Kier alpha value is -4.99. The second-order valence-corrected chi connectivity index (χ2v) is 8.14. The van der Waals surface area contributed by atoms with Crippen LogP contribution in [-0.2, 0) is 0 Å². The largest absolute Gasteiger partial charge is 0.497 e. The van der Waals surface area contributed by atoms with Crippen LogP contribution < -0.4 is 34.9 Å². The Morgan fingerprint density at radius 2 is 1.26 bits per heavy atom. The van der Waals surface area contributed by atoms with E-state index in [1.807, 2.05) is 49.4 Å². The highest BCUT2D eigenvalue weighted by Gasteiger charge is 2.17. The Balaban J connectivity index is 1.44. The van der Waals surface area contributed by atoms with E-state index in [4.69, 9.17) is 18.9 Å². The van der Waals surface area contributed by atoms with Crippen molar-refractivity contribution < 1.29 is 23.7 Å². The lowest BCUT2D eigenvalue weighted by molar-refractivity contribution is 0.102. The summed E-state index contributed by atoms with van der Waals surface area (Å²) in [5.41, 5.74) is 3.42. The molecule has 0 bridgehead atoms. The molecule has 4 rings (SSSR count). The maximum Gasteiger partial charge on any atom is 0.255 e. The molecule has 0 aliphatic carbocycles. The fourth-order valence-corrected chi connectivity index (χ4v) is 3.69. The van der Waals surface area contributed by atoms with Crippen LogP contribution in [0.4, 0.5) is 28.8 Å². The molecule has 0 aliphatic heterocycles. The molecule has 0 fully saturated rings. The van der Waals surface area contributed by atoms with Crippen molar-refractivity contribution >= 4 is 34.7 Å². The van der Waals surface area contributed by atoms with Crippen LogP contribution in [0.15, 0.2) is 66.7 Å². The number of rotatable bonds is 10. The van der Waals surface area contributed by atoms with Crippen LogP contribution in [0.25, 0.3) is 0 Å². The fraction of sp³-hybridized carbons (Fsp3) is 0.179. The van der Waals surface area contributed by atoms with Gasteiger partial charge in [-0.25, -0.2) is 4.98 Å². The number of aromatic nitrogens is 2. The molecule has 3 aromatic carbocycles. The zero-order valence-corrected chi connectivity index (χ0v) is 21.8. The number of nitrogens with one attached hydrogen (secondary N) is 3. The van der Waals surface area contributed by atoms with E-state index < -0.39 is 0 Å². The number of methoxy groups -OCH3 is 4. The van der Waals surface area contributed by atoms with Gasteiger partial charge in [0.25, 0.3) is 5.91 Å². The molecule has 0 saturated heterocycles. The van der Waals surface area contributed by atoms with E-state index in [-0.39, 0.29) is 5.91 Å². The van der Waals surface area contributed by atoms with Gasteiger partial charge in [-0.15, -0.1) is 0 Å². The first kappa shape index (κ1) is 26.1. The van der Waals surface area contributed by atoms with Crippen LogP contribution in [0.2, 0.25) is 0 Å². The number of benzene rings is 3. The van der Waals surface area contributed by atoms with E-state index in [2.05, 4.69) is 25.9 Å². The Morgan fingerprint density at radius 1 is 0.684 bits per heavy atom. The van der Waals surface area contributed by atoms with Crippen molar-refractivity contribution in [2.24, 2.45) is 0 Å². The van der Waals surface area contributed by atoms with Crippen molar-refractivity contribution in [1.82, 2.24) is 9.97 Å². The van der Waals surface area contributed by atoms with Gasteiger partial charge in [0.15, 0.2) is 11.5 Å². The number of ether oxygens (including phenoxy) is 4. The molecule has 3 N–H and O–H groups in total. The summed E-state index contributed by atoms with van der Waals surface area (Å²) in [6.07, 6.45) is 0. The van der Waals surface area contributed by atoms with Gasteiger partial charge in [-0.3, -0.25) is 4.79 Å². The number of amides is 1. The van der Waals surface area contributed by atoms with E-state index in [1.54, 1.807) is 31.4 Å². The maximum absolute atomic E-state index is 12.9. The smallest absolute Gasteiger partial charge is 0.255 e. The van der Waals surface area contributed by atoms with Gasteiger partial charge in [0.05, 0.1) is 28.4 Å². The zero-order valence-electron chi connectivity index (χ0n) is 21.8. The number of hydrogen-bond donors (Lipinski definition) is 3. The number of aryl methyl sites for hydroxylation is 1. The minimum atomic E-state index is -0.318. The van der Waals surface area contributed by atoms with Gasteiger partial charge in [0, 0.05) is 34.4 Å². The minimum absolute atomic E-state index is 0.318. The lowest BCUT2D eigenvalue weighted by Crippen LogP contribution is -2.12. The quantitative estimate of drug-likeness (QED) is 0.250. The number of anilines is 5. The maximum atomic E-state index is 12.9. The van der Waals surface area contributed by atoms with Crippen LogP contribution in [0.1, 0.15) is 16.1 Å². The standard InChI is InChI=1S/C28H29N5O5/c1-17-14-25(30-19-10-12-22(35-2)13-11-19)33-28(29-17)32-21-8-6-20(7-9-21)31-27(34)18-15-23(36-3)26(38-5)24(16-18)37-4/h6-16H,1-5H3,(H,31,34)(H2,29,30,32,33). The van der Waals surface area contributed by atoms with Gasteiger partial charge in [0.2, 0.25) is 11.7 Å². The third-order valence-electron chi connectivity index (χ3n) is 5.54. The summed E-state index contributed by atoms with van der Waals surface area (Å²) >= 11 is 0. The summed E-state index contributed by atoms with van der Waals surface area (Å²) in [4.78, 5) is 21.9. The normalized spacial score (nSPS) is 10.3. The lowest BCUT2D eigenvalue weighted by Gasteiger charge is -2.14. The average Bonchev–Trinajstić information content (AvgIpc) is 2.93. The highest BCUT2D eigenvalue weighted by molar-refractivity contribution is 6.05. The van der Waals surface area contributed by atoms with Gasteiger partial charge >= 0.3 is 0 Å². The second-order valence-electron chi connectivity index (χ2n) is 8.14. The summed E-state index contributed by atoms with van der Waals surface area (Å²) in [5.74, 6) is 2.77. The molecule has 0 radical (unpaired) electrons. The first-order chi connectivity index (χ1) is 18.4. The minimum Gasteiger partial charge on any atom is -0.497 e. The van der Waals surface area contributed by atoms with E-state index in [0.717, 1.165) is 22.8 Å². The van der Waals surface area contributed by atoms with E-state index in [0.29, 0.717) is 40.3 Å². The highest BCUT2D eigenvalue weighted by Crippen LogP contribution is 2.38. The highest BCUT2D eigenvalue weighted by atomic mass is 16.5. The summed E-state index contributed by atoms with van der Waals surface area (Å²) < 4.78 is 21.2. The third kappa shape index (κ3) is 6.22. The average molecular weight is 516 g/mol. The monoisotopic (exact) mass is 515 g/mol. The van der Waals surface area contributed by atoms with Crippen LogP contribution in [0.3, 0.4) is 0 Å². The van der Waals surface area contributed by atoms with E-state index >= 15 is 0 Å². The number of hydrogen-bond acceptors (Lipinski definition) is 9. The molecule has 0 atom stereocenters. The SMILES string of the molecule is COc1ccc(Nc2cc(C)nc(Nc3ccc(NC(=O)c4cc(OC)c(OC)c(OC)c4)cc3)n2)cc1. The molecule has 0 spiro atoms. The summed E-state index contributed by atoms with van der Waals surface area (Å²) in [6.45, 7) is 1.90. The molecular formula is C28H29N5O5. The number of carbonyl (C=O) groups excluding carboxylic acids is 1. The Bertz CT molecular complexity index is 1380. The van der Waals surface area contributed by atoms with Gasteiger partial charge in [-0.2, -0.15) is 4.98 Å². The number of carbonyl (C=O) groups is 1. The first-order valence-corrected chi connectivity index (χ1v) is 11.7. The molecule has 38 heavy (non-hydrogen) atoms. The summed E-state index contributed by atoms with van der Waals surface area (Å²) in [6, 6.07) is 19.8. The van der Waals surface area contributed by atoms with Gasteiger partial charge in [-0.1, -0.05) is 0 Å². The Kier molecular flexibility index (Phi) is 8.12. The zero-order chi connectivity index (χ0) is 27.1.